The number of amides is 1. The summed E-state index contributed by atoms with van der Waals surface area (Å²) in [6.07, 6.45) is 3.01. The fourth-order valence-corrected chi connectivity index (χ4v) is 6.80. The summed E-state index contributed by atoms with van der Waals surface area (Å²) in [5.41, 5.74) is -1.01. The average Bonchev–Trinajstić information content (AvgIpc) is 3.14. The highest BCUT2D eigenvalue weighted by molar-refractivity contribution is 7.92. The van der Waals surface area contributed by atoms with Gasteiger partial charge in [0.1, 0.15) is 5.41 Å². The molecule has 0 aliphatic carbocycles. The number of hydrogen-bond donors (Lipinski definition) is 1. The topological polar surface area (TPSA) is 105 Å². The van der Waals surface area contributed by atoms with Gasteiger partial charge in [0.15, 0.2) is 15.2 Å². The normalized spacial score (nSPS) is 28.5. The molecule has 2 atom stereocenters. The number of carbonyl (C=O) groups is 2. The summed E-state index contributed by atoms with van der Waals surface area (Å²) >= 11 is 1.18. The molecule has 2 saturated heterocycles. The second-order valence-corrected chi connectivity index (χ2v) is 9.32. The van der Waals surface area contributed by atoms with E-state index in [2.05, 4.69) is 4.98 Å². The van der Waals surface area contributed by atoms with Crippen molar-refractivity contribution in [2.75, 3.05) is 12.3 Å². The van der Waals surface area contributed by atoms with Gasteiger partial charge < -0.3 is 10.0 Å². The Morgan fingerprint density at radius 3 is 2.77 bits per heavy atom. The van der Waals surface area contributed by atoms with Gasteiger partial charge in [0.2, 0.25) is 0 Å². The maximum absolute atomic E-state index is 12.9. The summed E-state index contributed by atoms with van der Waals surface area (Å²) in [5.74, 6) is -2.24. The van der Waals surface area contributed by atoms with Crippen LogP contribution in [0.1, 0.15) is 10.6 Å². The molecule has 9 heteroatoms. The first kappa shape index (κ1) is 16.9. The van der Waals surface area contributed by atoms with Gasteiger partial charge in [-0.25, -0.2) is 8.42 Å². The van der Waals surface area contributed by atoms with Gasteiger partial charge in [-0.1, -0.05) is 12.1 Å². The molecule has 0 spiro atoms. The fourth-order valence-electron chi connectivity index (χ4n) is 3.47. The fraction of sp³-hybridized carbons (Fsp3) is 0.235. The number of carboxylic acids is 1. The lowest BCUT2D eigenvalue weighted by Crippen LogP contribution is -2.69. The van der Waals surface area contributed by atoms with E-state index in [0.29, 0.717) is 10.6 Å². The first-order valence-electron chi connectivity index (χ1n) is 7.78. The smallest absolute Gasteiger partial charge is 0.317 e. The second kappa shape index (κ2) is 5.75. The third kappa shape index (κ3) is 2.38. The molecule has 2 fully saturated rings. The Balaban J connectivity index is 1.76. The van der Waals surface area contributed by atoms with Gasteiger partial charge in [-0.2, -0.15) is 0 Å². The van der Waals surface area contributed by atoms with Gasteiger partial charge in [-0.15, -0.1) is 11.3 Å². The summed E-state index contributed by atoms with van der Waals surface area (Å²) in [7, 11) is -3.87. The van der Waals surface area contributed by atoms with Crippen LogP contribution in [0.2, 0.25) is 0 Å². The van der Waals surface area contributed by atoms with Crippen molar-refractivity contribution in [2.24, 2.45) is 0 Å². The molecule has 2 aliphatic rings. The molecule has 7 nitrogen and oxygen atoms in total. The number of carboxylic acid groups (broad SMARTS) is 1. The van der Waals surface area contributed by atoms with Crippen molar-refractivity contribution in [2.45, 2.75) is 10.8 Å². The van der Waals surface area contributed by atoms with Gasteiger partial charge in [-0.3, -0.25) is 14.6 Å². The van der Waals surface area contributed by atoms with Crippen LogP contribution in [0, 0.1) is 0 Å². The van der Waals surface area contributed by atoms with Gasteiger partial charge in [0.05, 0.1) is 17.0 Å². The van der Waals surface area contributed by atoms with Crippen molar-refractivity contribution >= 4 is 39.1 Å². The number of rotatable bonds is 3. The molecular weight excluding hydrogens is 376 g/mol. The minimum absolute atomic E-state index is 0.133. The molecule has 2 aromatic rings. The van der Waals surface area contributed by atoms with Crippen LogP contribution in [0.3, 0.4) is 0 Å². The zero-order chi connectivity index (χ0) is 18.5. The standard InChI is InChI=1S/C17H14N2O5S2/c20-14-12(8-11-4-1-2-6-18-11)15-19(14)9-17(16(21)22,10-26(15,23)24)13-5-3-7-25-13/h1-8,15H,9-10H2,(H,21,22)/t15-,17?/m1/s1. The number of hydrogen-bond acceptors (Lipinski definition) is 6. The van der Waals surface area contributed by atoms with Crippen molar-refractivity contribution in [3.63, 3.8) is 0 Å². The van der Waals surface area contributed by atoms with E-state index in [1.54, 1.807) is 41.9 Å². The zero-order valence-corrected chi connectivity index (χ0v) is 15.0. The maximum atomic E-state index is 12.9. The summed E-state index contributed by atoms with van der Waals surface area (Å²) < 4.78 is 25.8. The van der Waals surface area contributed by atoms with E-state index in [1.807, 2.05) is 0 Å². The SMILES string of the molecule is O=C1C(=Cc2ccccn2)[C@@H]2N1CC(C(=O)O)(c1cccs1)CS2(=O)=O. The number of nitrogens with zero attached hydrogens (tertiary/aromatic N) is 2. The van der Waals surface area contributed by atoms with Gasteiger partial charge in [0, 0.05) is 17.6 Å². The molecule has 1 N–H and O–H groups in total. The van der Waals surface area contributed by atoms with E-state index < -0.39 is 38.3 Å². The van der Waals surface area contributed by atoms with Gasteiger partial charge >= 0.3 is 5.97 Å². The number of β-lactam (4-membered cyclic amide) rings is 1. The molecule has 0 bridgehead atoms. The summed E-state index contributed by atoms with van der Waals surface area (Å²) in [4.78, 5) is 30.2. The Bertz CT molecular complexity index is 1010. The Morgan fingerprint density at radius 2 is 2.15 bits per heavy atom. The predicted octanol–water partition coefficient (Wildman–Crippen LogP) is 1.15. The van der Waals surface area contributed by atoms with Crippen LogP contribution in [0.25, 0.3) is 6.08 Å². The third-order valence-corrected chi connectivity index (χ3v) is 7.84. The lowest BCUT2D eigenvalue weighted by atomic mass is 9.85. The maximum Gasteiger partial charge on any atom is 0.317 e. The quantitative estimate of drug-likeness (QED) is 0.623. The molecule has 1 unspecified atom stereocenters. The van der Waals surface area contributed by atoms with Gasteiger partial charge in [0.25, 0.3) is 5.91 Å². The number of aliphatic carboxylic acids is 1. The Labute approximate surface area is 153 Å². The highest BCUT2D eigenvalue weighted by atomic mass is 32.2. The number of sulfone groups is 1. The first-order chi connectivity index (χ1) is 12.3. The van der Waals surface area contributed by atoms with E-state index in [0.717, 1.165) is 4.90 Å². The molecule has 2 aromatic heterocycles. The van der Waals surface area contributed by atoms with Crippen LogP contribution in [0.15, 0.2) is 47.5 Å². The largest absolute Gasteiger partial charge is 0.480 e. The van der Waals surface area contributed by atoms with E-state index in [1.165, 1.54) is 17.4 Å². The molecule has 0 aromatic carbocycles. The first-order valence-corrected chi connectivity index (χ1v) is 10.4. The van der Waals surface area contributed by atoms with Crippen molar-refractivity contribution in [1.82, 2.24) is 9.88 Å². The van der Waals surface area contributed by atoms with Crippen molar-refractivity contribution in [3.05, 3.63) is 58.1 Å². The second-order valence-electron chi connectivity index (χ2n) is 6.31. The zero-order valence-electron chi connectivity index (χ0n) is 13.4. The monoisotopic (exact) mass is 390 g/mol. The molecule has 4 heterocycles. The Hall–Kier alpha value is -2.52. The molecule has 0 saturated carbocycles. The minimum atomic E-state index is -3.87. The Morgan fingerprint density at radius 1 is 1.35 bits per heavy atom. The molecule has 0 radical (unpaired) electrons. The number of thiophene rings is 1. The molecule has 26 heavy (non-hydrogen) atoms. The van der Waals surface area contributed by atoms with Crippen molar-refractivity contribution < 1.29 is 23.1 Å². The van der Waals surface area contributed by atoms with Crippen molar-refractivity contribution in [3.8, 4) is 0 Å². The lowest BCUT2D eigenvalue weighted by Gasteiger charge is -2.50. The predicted molar refractivity (Wildman–Crippen MR) is 95.1 cm³/mol. The highest BCUT2D eigenvalue weighted by Gasteiger charge is 2.62. The number of aromatic nitrogens is 1. The van der Waals surface area contributed by atoms with Gasteiger partial charge in [-0.05, 0) is 29.7 Å². The van der Waals surface area contributed by atoms with E-state index >= 15 is 0 Å². The number of carbonyl (C=O) groups excluding carboxylic acids is 1. The van der Waals surface area contributed by atoms with Crippen LogP contribution >= 0.6 is 11.3 Å². The molecule has 4 rings (SSSR count). The Kier molecular flexibility index (Phi) is 3.74. The summed E-state index contributed by atoms with van der Waals surface area (Å²) in [5, 5.41) is 10.4. The van der Waals surface area contributed by atoms with Crippen LogP contribution in [-0.2, 0) is 24.8 Å². The molecular formula is C17H14N2O5S2. The summed E-state index contributed by atoms with van der Waals surface area (Å²) in [6, 6.07) is 8.40. The average molecular weight is 390 g/mol. The number of pyridine rings is 1. The number of fused-ring (bicyclic) bond motifs is 1. The molecule has 2 aliphatic heterocycles. The van der Waals surface area contributed by atoms with Crippen molar-refractivity contribution in [1.29, 1.82) is 0 Å². The van der Waals surface area contributed by atoms with Crippen LogP contribution in [0.4, 0.5) is 0 Å². The third-order valence-electron chi connectivity index (χ3n) is 4.68. The van der Waals surface area contributed by atoms with E-state index in [4.69, 9.17) is 0 Å². The van der Waals surface area contributed by atoms with Crippen LogP contribution in [-0.4, -0.2) is 53.0 Å². The van der Waals surface area contributed by atoms with Crippen LogP contribution < -0.4 is 0 Å². The van der Waals surface area contributed by atoms with E-state index in [-0.39, 0.29) is 12.1 Å². The molecule has 134 valence electrons. The van der Waals surface area contributed by atoms with Crippen LogP contribution in [0.5, 0.6) is 0 Å². The minimum Gasteiger partial charge on any atom is -0.480 e. The highest BCUT2D eigenvalue weighted by Crippen LogP contribution is 2.44. The molecule has 1 amide bonds. The van der Waals surface area contributed by atoms with E-state index in [9.17, 15) is 23.1 Å². The summed E-state index contributed by atoms with van der Waals surface area (Å²) in [6.45, 7) is -0.162. The lowest BCUT2D eigenvalue weighted by molar-refractivity contribution is -0.147.